The Morgan fingerprint density at radius 2 is 2.10 bits per heavy atom. The molecule has 1 rings (SSSR count). The molecule has 0 aromatic carbocycles. The molecule has 0 fully saturated rings. The van der Waals surface area contributed by atoms with Gasteiger partial charge in [-0.3, -0.25) is 9.89 Å². The van der Waals surface area contributed by atoms with Gasteiger partial charge >= 0.3 is 6.09 Å². The van der Waals surface area contributed by atoms with Gasteiger partial charge in [-0.1, -0.05) is 0 Å². The number of amidine groups is 1. The molecule has 0 aromatic heterocycles. The second-order valence-corrected chi connectivity index (χ2v) is 6.21. The molecule has 0 saturated carbocycles. The quantitative estimate of drug-likeness (QED) is 0.762. The van der Waals surface area contributed by atoms with E-state index in [-0.39, 0.29) is 6.09 Å². The highest BCUT2D eigenvalue weighted by Crippen LogP contribution is 2.11. The monoisotopic (exact) mass is 299 g/mol. The van der Waals surface area contributed by atoms with Crippen LogP contribution in [0.3, 0.4) is 0 Å². The van der Waals surface area contributed by atoms with Crippen LogP contribution in [-0.2, 0) is 9.47 Å². The molecule has 1 aliphatic rings. The highest BCUT2D eigenvalue weighted by molar-refractivity contribution is 5.87. The Morgan fingerprint density at radius 3 is 2.76 bits per heavy atom. The smallest absolute Gasteiger partial charge is 0.410 e. The third-order valence-corrected chi connectivity index (χ3v) is 3.02. The molecule has 0 atom stereocenters. The van der Waals surface area contributed by atoms with Crippen molar-refractivity contribution in [2.24, 2.45) is 4.99 Å². The van der Waals surface area contributed by atoms with Crippen LogP contribution in [-0.4, -0.2) is 62.3 Å². The van der Waals surface area contributed by atoms with Gasteiger partial charge in [0, 0.05) is 26.8 Å². The van der Waals surface area contributed by atoms with Gasteiger partial charge < -0.3 is 14.8 Å². The number of rotatable bonds is 6. The maximum atomic E-state index is 12.0. The third-order valence-electron chi connectivity index (χ3n) is 3.02. The van der Waals surface area contributed by atoms with E-state index in [1.807, 2.05) is 20.8 Å². The molecule has 0 bridgehead atoms. The van der Waals surface area contributed by atoms with Crippen molar-refractivity contribution in [3.8, 4) is 0 Å². The summed E-state index contributed by atoms with van der Waals surface area (Å²) in [6.07, 6.45) is 3.02. The number of methoxy groups -OCH3 is 1. The number of ether oxygens (including phenoxy) is 2. The Kier molecular flexibility index (Phi) is 7.50. The minimum atomic E-state index is -0.458. The minimum absolute atomic E-state index is 0.267. The van der Waals surface area contributed by atoms with Crippen LogP contribution in [0.25, 0.3) is 0 Å². The average molecular weight is 299 g/mol. The zero-order chi connectivity index (χ0) is 15.7. The summed E-state index contributed by atoms with van der Waals surface area (Å²) in [5.41, 5.74) is -0.458. The van der Waals surface area contributed by atoms with Crippen molar-refractivity contribution in [3.63, 3.8) is 0 Å². The first-order valence-corrected chi connectivity index (χ1v) is 7.66. The van der Waals surface area contributed by atoms with E-state index >= 15 is 0 Å². The topological polar surface area (TPSA) is 63.2 Å². The third kappa shape index (κ3) is 7.90. The fourth-order valence-corrected chi connectivity index (χ4v) is 1.99. The SMILES string of the molecule is COCCCCCNC1=NCCN(C(=O)OC(C)(C)C)C1. The molecule has 1 N–H and O–H groups in total. The van der Waals surface area contributed by atoms with Crippen molar-refractivity contribution in [2.75, 3.05) is 39.9 Å². The van der Waals surface area contributed by atoms with Gasteiger partial charge in [-0.2, -0.15) is 0 Å². The van der Waals surface area contributed by atoms with Gasteiger partial charge in [0.05, 0.1) is 13.1 Å². The Morgan fingerprint density at radius 1 is 1.33 bits per heavy atom. The molecule has 122 valence electrons. The summed E-state index contributed by atoms with van der Waals surface area (Å²) in [7, 11) is 1.72. The van der Waals surface area contributed by atoms with E-state index in [0.717, 1.165) is 38.2 Å². The Bertz CT molecular complexity index is 351. The van der Waals surface area contributed by atoms with Crippen molar-refractivity contribution in [2.45, 2.75) is 45.6 Å². The highest BCUT2D eigenvalue weighted by atomic mass is 16.6. The van der Waals surface area contributed by atoms with Crippen LogP contribution >= 0.6 is 0 Å². The van der Waals surface area contributed by atoms with E-state index in [1.54, 1.807) is 12.0 Å². The number of carbonyl (C=O) groups excluding carboxylic acids is 1. The summed E-state index contributed by atoms with van der Waals surface area (Å²) in [5.74, 6) is 0.874. The van der Waals surface area contributed by atoms with Crippen LogP contribution in [0.5, 0.6) is 0 Å². The van der Waals surface area contributed by atoms with Crippen molar-refractivity contribution in [1.29, 1.82) is 0 Å². The number of hydrogen-bond donors (Lipinski definition) is 1. The predicted octanol–water partition coefficient (Wildman–Crippen LogP) is 2.04. The van der Waals surface area contributed by atoms with Gasteiger partial charge in [-0.25, -0.2) is 4.79 Å². The number of unbranched alkanes of at least 4 members (excludes halogenated alkanes) is 2. The first kappa shape index (κ1) is 17.8. The van der Waals surface area contributed by atoms with Gasteiger partial charge in [-0.15, -0.1) is 0 Å². The number of nitrogens with zero attached hydrogens (tertiary/aromatic N) is 2. The van der Waals surface area contributed by atoms with Crippen LogP contribution in [0.15, 0.2) is 4.99 Å². The molecule has 6 nitrogen and oxygen atoms in total. The van der Waals surface area contributed by atoms with Crippen LogP contribution in [0.4, 0.5) is 4.79 Å². The second kappa shape index (κ2) is 8.87. The Balaban J connectivity index is 2.25. The molecule has 1 heterocycles. The lowest BCUT2D eigenvalue weighted by molar-refractivity contribution is 0.0276. The summed E-state index contributed by atoms with van der Waals surface area (Å²) in [6, 6.07) is 0. The maximum absolute atomic E-state index is 12.0. The molecule has 0 aromatic rings. The van der Waals surface area contributed by atoms with E-state index in [4.69, 9.17) is 9.47 Å². The molecular formula is C15H29N3O3. The summed E-state index contributed by atoms with van der Waals surface area (Å²) in [5, 5.41) is 3.31. The van der Waals surface area contributed by atoms with Gasteiger partial charge in [0.25, 0.3) is 0 Å². The predicted molar refractivity (Wildman–Crippen MR) is 83.8 cm³/mol. The van der Waals surface area contributed by atoms with Crippen molar-refractivity contribution >= 4 is 11.9 Å². The molecule has 1 amide bonds. The fraction of sp³-hybridized carbons (Fsp3) is 0.867. The van der Waals surface area contributed by atoms with E-state index in [0.29, 0.717) is 19.6 Å². The van der Waals surface area contributed by atoms with Gasteiger partial charge in [-0.05, 0) is 40.0 Å². The van der Waals surface area contributed by atoms with E-state index in [1.165, 1.54) is 0 Å². The number of nitrogens with one attached hydrogen (secondary N) is 1. The zero-order valence-electron chi connectivity index (χ0n) is 13.8. The normalized spacial score (nSPS) is 15.6. The lowest BCUT2D eigenvalue weighted by atomic mass is 10.2. The molecular weight excluding hydrogens is 270 g/mol. The van der Waals surface area contributed by atoms with Crippen molar-refractivity contribution in [1.82, 2.24) is 10.2 Å². The maximum Gasteiger partial charge on any atom is 0.410 e. The number of carbonyl (C=O) groups is 1. The van der Waals surface area contributed by atoms with Crippen LogP contribution < -0.4 is 5.32 Å². The van der Waals surface area contributed by atoms with Crippen LogP contribution in [0, 0.1) is 0 Å². The minimum Gasteiger partial charge on any atom is -0.444 e. The fourth-order valence-electron chi connectivity index (χ4n) is 1.99. The lowest BCUT2D eigenvalue weighted by Gasteiger charge is -2.29. The number of hydrogen-bond acceptors (Lipinski definition) is 5. The second-order valence-electron chi connectivity index (χ2n) is 6.21. The molecule has 21 heavy (non-hydrogen) atoms. The zero-order valence-corrected chi connectivity index (χ0v) is 13.8. The summed E-state index contributed by atoms with van der Waals surface area (Å²) >= 11 is 0. The average Bonchev–Trinajstić information content (AvgIpc) is 2.41. The summed E-state index contributed by atoms with van der Waals surface area (Å²) < 4.78 is 10.4. The molecule has 0 unspecified atom stereocenters. The lowest BCUT2D eigenvalue weighted by Crippen LogP contribution is -2.47. The number of amides is 1. The molecule has 1 aliphatic heterocycles. The Hall–Kier alpha value is -1.30. The Labute approximate surface area is 127 Å². The molecule has 0 spiro atoms. The standard InChI is InChI=1S/C15H29N3O3/c1-15(2,3)21-14(19)18-10-9-17-13(12-18)16-8-6-5-7-11-20-4/h5-12H2,1-4H3,(H,16,17). The molecule has 0 radical (unpaired) electrons. The first-order valence-electron chi connectivity index (χ1n) is 7.66. The van der Waals surface area contributed by atoms with Crippen molar-refractivity contribution in [3.05, 3.63) is 0 Å². The summed E-state index contributed by atoms with van der Waals surface area (Å²) in [6.45, 7) is 9.08. The molecule has 0 aliphatic carbocycles. The number of aliphatic imine (C=N–C) groups is 1. The van der Waals surface area contributed by atoms with Crippen molar-refractivity contribution < 1.29 is 14.3 Å². The van der Waals surface area contributed by atoms with Crippen LogP contribution in [0.1, 0.15) is 40.0 Å². The largest absolute Gasteiger partial charge is 0.444 e. The van der Waals surface area contributed by atoms with E-state index in [2.05, 4.69) is 10.3 Å². The van der Waals surface area contributed by atoms with Crippen LogP contribution in [0.2, 0.25) is 0 Å². The van der Waals surface area contributed by atoms with Gasteiger partial charge in [0.2, 0.25) is 0 Å². The highest BCUT2D eigenvalue weighted by Gasteiger charge is 2.24. The first-order chi connectivity index (χ1) is 9.92. The van der Waals surface area contributed by atoms with E-state index < -0.39 is 5.60 Å². The van der Waals surface area contributed by atoms with E-state index in [9.17, 15) is 4.79 Å². The van der Waals surface area contributed by atoms with Gasteiger partial charge in [0.15, 0.2) is 0 Å². The molecule has 0 saturated heterocycles. The summed E-state index contributed by atoms with van der Waals surface area (Å²) in [4.78, 5) is 18.1. The molecule has 6 heteroatoms. The van der Waals surface area contributed by atoms with Gasteiger partial charge in [0.1, 0.15) is 11.4 Å².